The second-order valence-corrected chi connectivity index (χ2v) is 4.19. The lowest BCUT2D eigenvalue weighted by molar-refractivity contribution is 0.387. The number of hydrogen-bond donors (Lipinski definition) is 2. The Kier molecular flexibility index (Phi) is 4.15. The number of hydrazine groups is 1. The molecule has 0 aliphatic carbocycles. The first-order valence-electron chi connectivity index (χ1n) is 5.46. The molecule has 0 amide bonds. The van der Waals surface area contributed by atoms with E-state index in [0.29, 0.717) is 10.9 Å². The molecule has 18 heavy (non-hydrogen) atoms. The van der Waals surface area contributed by atoms with Crippen molar-refractivity contribution in [1.29, 1.82) is 0 Å². The van der Waals surface area contributed by atoms with Gasteiger partial charge in [-0.05, 0) is 23.8 Å². The molecule has 5 heteroatoms. The van der Waals surface area contributed by atoms with Gasteiger partial charge in [0.2, 0.25) is 5.88 Å². The van der Waals surface area contributed by atoms with Gasteiger partial charge in [0.15, 0.2) is 0 Å². The van der Waals surface area contributed by atoms with Gasteiger partial charge in [-0.3, -0.25) is 5.84 Å². The van der Waals surface area contributed by atoms with E-state index in [0.717, 1.165) is 11.1 Å². The number of hydrogen-bond acceptors (Lipinski definition) is 4. The van der Waals surface area contributed by atoms with Crippen LogP contribution in [-0.4, -0.2) is 12.1 Å². The molecule has 1 atom stereocenters. The topological polar surface area (TPSA) is 60.2 Å². The SMILES string of the molecule is COc1ncccc1C(NN)c1ccc(Cl)cc1. The van der Waals surface area contributed by atoms with Crippen LogP contribution < -0.4 is 16.0 Å². The summed E-state index contributed by atoms with van der Waals surface area (Å²) in [4.78, 5) is 4.17. The van der Waals surface area contributed by atoms with Crippen LogP contribution in [0.3, 0.4) is 0 Å². The van der Waals surface area contributed by atoms with E-state index in [4.69, 9.17) is 22.2 Å². The number of ether oxygens (including phenoxy) is 1. The largest absolute Gasteiger partial charge is 0.481 e. The first-order chi connectivity index (χ1) is 8.76. The van der Waals surface area contributed by atoms with E-state index < -0.39 is 0 Å². The van der Waals surface area contributed by atoms with Crippen LogP contribution in [-0.2, 0) is 0 Å². The number of halogens is 1. The second-order valence-electron chi connectivity index (χ2n) is 3.75. The van der Waals surface area contributed by atoms with E-state index in [2.05, 4.69) is 10.4 Å². The zero-order valence-electron chi connectivity index (χ0n) is 9.93. The smallest absolute Gasteiger partial charge is 0.218 e. The minimum Gasteiger partial charge on any atom is -0.481 e. The highest BCUT2D eigenvalue weighted by molar-refractivity contribution is 6.30. The van der Waals surface area contributed by atoms with Crippen LogP contribution in [0.5, 0.6) is 5.88 Å². The molecule has 1 unspecified atom stereocenters. The maximum Gasteiger partial charge on any atom is 0.218 e. The quantitative estimate of drug-likeness (QED) is 0.656. The van der Waals surface area contributed by atoms with Gasteiger partial charge in [-0.2, -0.15) is 0 Å². The summed E-state index contributed by atoms with van der Waals surface area (Å²) in [6, 6.07) is 11.1. The molecule has 1 aromatic heterocycles. The number of benzene rings is 1. The number of aromatic nitrogens is 1. The number of rotatable bonds is 4. The molecular weight excluding hydrogens is 250 g/mol. The summed E-state index contributed by atoms with van der Waals surface area (Å²) in [5.41, 5.74) is 4.64. The Balaban J connectivity index is 2.41. The third-order valence-corrected chi connectivity index (χ3v) is 2.93. The molecule has 0 aliphatic rings. The Morgan fingerprint density at radius 3 is 2.61 bits per heavy atom. The van der Waals surface area contributed by atoms with Gasteiger partial charge in [-0.1, -0.05) is 29.8 Å². The minimum atomic E-state index is -0.189. The molecule has 4 nitrogen and oxygen atoms in total. The maximum atomic E-state index is 5.88. The molecule has 94 valence electrons. The Labute approximate surface area is 111 Å². The van der Waals surface area contributed by atoms with E-state index in [1.165, 1.54) is 0 Å². The van der Waals surface area contributed by atoms with Gasteiger partial charge in [0.25, 0.3) is 0 Å². The lowest BCUT2D eigenvalue weighted by Gasteiger charge is -2.18. The molecule has 2 aromatic rings. The summed E-state index contributed by atoms with van der Waals surface area (Å²) in [6.07, 6.45) is 1.68. The standard InChI is InChI=1S/C13H14ClN3O/c1-18-13-11(3-2-8-16-13)12(17-15)9-4-6-10(14)7-5-9/h2-8,12,17H,15H2,1H3. The third kappa shape index (κ3) is 2.61. The average molecular weight is 264 g/mol. The Bertz CT molecular complexity index is 516. The molecule has 0 spiro atoms. The molecule has 2 rings (SSSR count). The lowest BCUT2D eigenvalue weighted by atomic mass is 10.0. The van der Waals surface area contributed by atoms with Crippen LogP contribution in [0.2, 0.25) is 5.02 Å². The fourth-order valence-electron chi connectivity index (χ4n) is 1.81. The molecule has 0 fully saturated rings. The summed E-state index contributed by atoms with van der Waals surface area (Å²) >= 11 is 5.88. The summed E-state index contributed by atoms with van der Waals surface area (Å²) < 4.78 is 5.24. The van der Waals surface area contributed by atoms with Crippen molar-refractivity contribution in [2.45, 2.75) is 6.04 Å². The van der Waals surface area contributed by atoms with Crippen molar-refractivity contribution in [3.8, 4) is 5.88 Å². The van der Waals surface area contributed by atoms with E-state index >= 15 is 0 Å². The Morgan fingerprint density at radius 1 is 1.28 bits per heavy atom. The molecule has 0 aliphatic heterocycles. The average Bonchev–Trinajstić information content (AvgIpc) is 2.42. The fourth-order valence-corrected chi connectivity index (χ4v) is 1.94. The van der Waals surface area contributed by atoms with E-state index in [9.17, 15) is 0 Å². The third-order valence-electron chi connectivity index (χ3n) is 2.67. The molecule has 1 aromatic carbocycles. The van der Waals surface area contributed by atoms with Crippen molar-refractivity contribution in [2.75, 3.05) is 7.11 Å². The Hall–Kier alpha value is -1.62. The summed E-state index contributed by atoms with van der Waals surface area (Å²) in [5.74, 6) is 6.18. The fraction of sp³-hybridized carbons (Fsp3) is 0.154. The highest BCUT2D eigenvalue weighted by Crippen LogP contribution is 2.28. The molecule has 1 heterocycles. The van der Waals surface area contributed by atoms with Crippen LogP contribution >= 0.6 is 11.6 Å². The molecule has 0 radical (unpaired) electrons. The first kappa shape index (κ1) is 12.8. The molecule has 0 bridgehead atoms. The number of methoxy groups -OCH3 is 1. The number of nitrogens with one attached hydrogen (secondary N) is 1. The van der Waals surface area contributed by atoms with Crippen molar-refractivity contribution in [2.24, 2.45) is 5.84 Å². The van der Waals surface area contributed by atoms with Gasteiger partial charge in [0.1, 0.15) is 0 Å². The minimum absolute atomic E-state index is 0.189. The highest BCUT2D eigenvalue weighted by Gasteiger charge is 2.17. The zero-order valence-corrected chi connectivity index (χ0v) is 10.7. The van der Waals surface area contributed by atoms with Gasteiger partial charge in [0, 0.05) is 16.8 Å². The Morgan fingerprint density at radius 2 is 2.00 bits per heavy atom. The summed E-state index contributed by atoms with van der Waals surface area (Å²) in [7, 11) is 1.58. The van der Waals surface area contributed by atoms with Crippen molar-refractivity contribution in [3.05, 3.63) is 58.7 Å². The van der Waals surface area contributed by atoms with Gasteiger partial charge in [-0.25, -0.2) is 10.4 Å². The zero-order chi connectivity index (χ0) is 13.0. The first-order valence-corrected chi connectivity index (χ1v) is 5.84. The van der Waals surface area contributed by atoms with E-state index in [1.807, 2.05) is 36.4 Å². The highest BCUT2D eigenvalue weighted by atomic mass is 35.5. The van der Waals surface area contributed by atoms with Crippen molar-refractivity contribution in [1.82, 2.24) is 10.4 Å². The van der Waals surface area contributed by atoms with Crippen molar-refractivity contribution >= 4 is 11.6 Å². The van der Waals surface area contributed by atoms with Crippen LogP contribution in [0, 0.1) is 0 Å². The van der Waals surface area contributed by atoms with Crippen LogP contribution in [0.4, 0.5) is 0 Å². The summed E-state index contributed by atoms with van der Waals surface area (Å²) in [5, 5.41) is 0.688. The molecule has 0 saturated carbocycles. The van der Waals surface area contributed by atoms with Crippen LogP contribution in [0.1, 0.15) is 17.2 Å². The second kappa shape index (κ2) is 5.82. The predicted octanol–water partition coefficient (Wildman–Crippen LogP) is 2.30. The van der Waals surface area contributed by atoms with Gasteiger partial charge in [-0.15, -0.1) is 0 Å². The van der Waals surface area contributed by atoms with Crippen molar-refractivity contribution in [3.63, 3.8) is 0 Å². The molecule has 0 saturated heterocycles. The lowest BCUT2D eigenvalue weighted by Crippen LogP contribution is -2.29. The van der Waals surface area contributed by atoms with Crippen molar-refractivity contribution < 1.29 is 4.74 Å². The monoisotopic (exact) mass is 263 g/mol. The maximum absolute atomic E-state index is 5.88. The van der Waals surface area contributed by atoms with E-state index in [1.54, 1.807) is 13.3 Å². The summed E-state index contributed by atoms with van der Waals surface area (Å²) in [6.45, 7) is 0. The van der Waals surface area contributed by atoms with Crippen LogP contribution in [0.25, 0.3) is 0 Å². The number of nitrogens with zero attached hydrogens (tertiary/aromatic N) is 1. The molecule has 3 N–H and O–H groups in total. The predicted molar refractivity (Wildman–Crippen MR) is 71.4 cm³/mol. The normalized spacial score (nSPS) is 12.2. The van der Waals surface area contributed by atoms with Gasteiger partial charge in [0.05, 0.1) is 13.2 Å². The van der Waals surface area contributed by atoms with Gasteiger partial charge >= 0.3 is 0 Å². The van der Waals surface area contributed by atoms with Gasteiger partial charge < -0.3 is 4.74 Å². The van der Waals surface area contributed by atoms with E-state index in [-0.39, 0.29) is 6.04 Å². The van der Waals surface area contributed by atoms with Crippen LogP contribution in [0.15, 0.2) is 42.6 Å². The number of nitrogens with two attached hydrogens (primary N) is 1. The molecular formula is C13H14ClN3O. The number of pyridine rings is 1.